The Labute approximate surface area is 179 Å². The average Bonchev–Trinajstić information content (AvgIpc) is 3.02. The lowest BCUT2D eigenvalue weighted by Crippen LogP contribution is -2.39. The molecule has 0 atom stereocenters. The molecular formula is C25H32N2O3. The van der Waals surface area contributed by atoms with Crippen LogP contribution in [-0.2, 0) is 16.0 Å². The van der Waals surface area contributed by atoms with E-state index in [2.05, 4.69) is 6.07 Å². The summed E-state index contributed by atoms with van der Waals surface area (Å²) in [6.07, 6.45) is 2.06. The van der Waals surface area contributed by atoms with Gasteiger partial charge in [0.25, 0.3) is 5.91 Å². The molecule has 3 rings (SSSR count). The van der Waals surface area contributed by atoms with Crippen LogP contribution in [0.15, 0.2) is 42.5 Å². The Morgan fingerprint density at radius 2 is 1.47 bits per heavy atom. The van der Waals surface area contributed by atoms with Crippen LogP contribution in [0, 0.1) is 20.8 Å². The number of ether oxygens (including phenoxy) is 1. The molecule has 0 bridgehead atoms. The molecule has 1 aliphatic heterocycles. The van der Waals surface area contributed by atoms with Gasteiger partial charge in [0.2, 0.25) is 5.91 Å². The Morgan fingerprint density at radius 1 is 0.833 bits per heavy atom. The molecule has 0 N–H and O–H groups in total. The van der Waals surface area contributed by atoms with Gasteiger partial charge < -0.3 is 14.5 Å². The summed E-state index contributed by atoms with van der Waals surface area (Å²) < 4.78 is 5.89. The van der Waals surface area contributed by atoms with Crippen LogP contribution in [0.3, 0.4) is 0 Å². The molecule has 5 nitrogen and oxygen atoms in total. The predicted octanol–water partition coefficient (Wildman–Crippen LogP) is 3.68. The third-order valence-electron chi connectivity index (χ3n) is 5.89. The van der Waals surface area contributed by atoms with E-state index in [1.54, 1.807) is 0 Å². The largest absolute Gasteiger partial charge is 0.483 e. The van der Waals surface area contributed by atoms with E-state index < -0.39 is 0 Å². The van der Waals surface area contributed by atoms with Gasteiger partial charge in [-0.3, -0.25) is 9.59 Å². The zero-order valence-corrected chi connectivity index (χ0v) is 18.3. The number of benzene rings is 2. The number of hydrogen-bond donors (Lipinski definition) is 0. The molecule has 2 amide bonds. The number of hydrogen-bond acceptors (Lipinski definition) is 3. The van der Waals surface area contributed by atoms with Crippen molar-refractivity contribution in [2.24, 2.45) is 0 Å². The summed E-state index contributed by atoms with van der Waals surface area (Å²) in [6, 6.07) is 14.2. The van der Waals surface area contributed by atoms with Gasteiger partial charge in [-0.05, 0) is 55.9 Å². The SMILES string of the molecule is Cc1ccc(C)c(OCC(=O)N2CCCN(C(=O)CCc3ccccc3)CC2)c1C. The van der Waals surface area contributed by atoms with Gasteiger partial charge in [0.15, 0.2) is 6.61 Å². The second-order valence-electron chi connectivity index (χ2n) is 8.04. The van der Waals surface area contributed by atoms with Gasteiger partial charge in [0, 0.05) is 32.6 Å². The van der Waals surface area contributed by atoms with Crippen LogP contribution in [0.2, 0.25) is 0 Å². The standard InChI is InChI=1S/C25H32N2O3/c1-19-10-11-20(2)25(21(19)3)30-18-24(29)27-15-7-14-26(16-17-27)23(28)13-12-22-8-5-4-6-9-22/h4-6,8-11H,7,12-18H2,1-3H3. The molecule has 1 fully saturated rings. The van der Waals surface area contributed by atoms with E-state index in [-0.39, 0.29) is 18.4 Å². The maximum absolute atomic E-state index is 12.7. The lowest BCUT2D eigenvalue weighted by atomic mass is 10.1. The van der Waals surface area contributed by atoms with Crippen LogP contribution in [0.5, 0.6) is 5.75 Å². The fraction of sp³-hybridized carbons (Fsp3) is 0.440. The minimum Gasteiger partial charge on any atom is -0.483 e. The monoisotopic (exact) mass is 408 g/mol. The summed E-state index contributed by atoms with van der Waals surface area (Å²) in [6.45, 7) is 8.61. The van der Waals surface area contributed by atoms with Crippen molar-refractivity contribution in [3.8, 4) is 5.75 Å². The summed E-state index contributed by atoms with van der Waals surface area (Å²) in [7, 11) is 0. The van der Waals surface area contributed by atoms with Gasteiger partial charge >= 0.3 is 0 Å². The highest BCUT2D eigenvalue weighted by Gasteiger charge is 2.22. The first-order chi connectivity index (χ1) is 14.5. The average molecular weight is 409 g/mol. The zero-order valence-electron chi connectivity index (χ0n) is 18.3. The summed E-state index contributed by atoms with van der Waals surface area (Å²) in [4.78, 5) is 29.1. The van der Waals surface area contributed by atoms with Crippen LogP contribution in [0.25, 0.3) is 0 Å². The molecule has 0 spiro atoms. The highest BCUT2D eigenvalue weighted by molar-refractivity contribution is 5.79. The fourth-order valence-corrected chi connectivity index (χ4v) is 3.84. The third-order valence-corrected chi connectivity index (χ3v) is 5.89. The lowest BCUT2D eigenvalue weighted by molar-refractivity contribution is -0.134. The van der Waals surface area contributed by atoms with E-state index >= 15 is 0 Å². The smallest absolute Gasteiger partial charge is 0.260 e. The number of carbonyl (C=O) groups is 2. The molecule has 2 aromatic carbocycles. The number of rotatable bonds is 6. The summed E-state index contributed by atoms with van der Waals surface area (Å²) in [5, 5.41) is 0. The molecule has 0 aromatic heterocycles. The van der Waals surface area contributed by atoms with E-state index in [1.807, 2.05) is 67.0 Å². The predicted molar refractivity (Wildman–Crippen MR) is 119 cm³/mol. The van der Waals surface area contributed by atoms with Crippen molar-refractivity contribution in [1.82, 2.24) is 9.80 Å². The quantitative estimate of drug-likeness (QED) is 0.733. The van der Waals surface area contributed by atoms with Gasteiger partial charge in [-0.15, -0.1) is 0 Å². The van der Waals surface area contributed by atoms with Crippen molar-refractivity contribution < 1.29 is 14.3 Å². The number of amides is 2. The molecule has 0 aliphatic carbocycles. The van der Waals surface area contributed by atoms with Crippen LogP contribution in [-0.4, -0.2) is 54.4 Å². The Morgan fingerprint density at radius 3 is 2.17 bits per heavy atom. The molecule has 2 aromatic rings. The van der Waals surface area contributed by atoms with Crippen LogP contribution in [0.4, 0.5) is 0 Å². The number of aryl methyl sites for hydroxylation is 3. The molecule has 0 saturated carbocycles. The Balaban J connectivity index is 1.49. The zero-order chi connectivity index (χ0) is 21.5. The van der Waals surface area contributed by atoms with Gasteiger partial charge in [-0.25, -0.2) is 0 Å². The van der Waals surface area contributed by atoms with Crippen molar-refractivity contribution in [3.63, 3.8) is 0 Å². The van der Waals surface area contributed by atoms with Crippen molar-refractivity contribution in [1.29, 1.82) is 0 Å². The molecule has 1 heterocycles. The fourth-order valence-electron chi connectivity index (χ4n) is 3.84. The van der Waals surface area contributed by atoms with Gasteiger partial charge in [-0.1, -0.05) is 42.5 Å². The third kappa shape index (κ3) is 5.62. The maximum atomic E-state index is 12.7. The highest BCUT2D eigenvalue weighted by Crippen LogP contribution is 2.25. The van der Waals surface area contributed by atoms with Gasteiger partial charge in [-0.2, -0.15) is 0 Å². The van der Waals surface area contributed by atoms with E-state index in [4.69, 9.17) is 4.74 Å². The second kappa shape index (κ2) is 10.3. The number of carbonyl (C=O) groups excluding carboxylic acids is 2. The number of nitrogens with zero attached hydrogens (tertiary/aromatic N) is 2. The minimum absolute atomic E-state index is 0.0195. The Kier molecular flexibility index (Phi) is 7.50. The van der Waals surface area contributed by atoms with E-state index in [0.717, 1.165) is 35.3 Å². The van der Waals surface area contributed by atoms with Crippen molar-refractivity contribution in [3.05, 3.63) is 64.7 Å². The molecule has 30 heavy (non-hydrogen) atoms. The first kappa shape index (κ1) is 21.9. The second-order valence-corrected chi connectivity index (χ2v) is 8.04. The van der Waals surface area contributed by atoms with E-state index in [9.17, 15) is 9.59 Å². The molecule has 1 saturated heterocycles. The molecule has 1 aliphatic rings. The summed E-state index contributed by atoms with van der Waals surface area (Å²) in [5.74, 6) is 0.945. The Bertz CT molecular complexity index is 879. The summed E-state index contributed by atoms with van der Waals surface area (Å²) >= 11 is 0. The van der Waals surface area contributed by atoms with Crippen LogP contribution in [0.1, 0.15) is 35.1 Å². The van der Waals surface area contributed by atoms with Crippen LogP contribution >= 0.6 is 0 Å². The van der Waals surface area contributed by atoms with Gasteiger partial charge in [0.1, 0.15) is 5.75 Å². The summed E-state index contributed by atoms with van der Waals surface area (Å²) in [5.41, 5.74) is 4.45. The topological polar surface area (TPSA) is 49.9 Å². The normalized spacial score (nSPS) is 14.4. The maximum Gasteiger partial charge on any atom is 0.260 e. The van der Waals surface area contributed by atoms with Gasteiger partial charge in [0.05, 0.1) is 0 Å². The van der Waals surface area contributed by atoms with E-state index in [0.29, 0.717) is 32.6 Å². The Hall–Kier alpha value is -2.82. The lowest BCUT2D eigenvalue weighted by Gasteiger charge is -2.23. The molecule has 5 heteroatoms. The first-order valence-electron chi connectivity index (χ1n) is 10.7. The first-order valence-corrected chi connectivity index (χ1v) is 10.7. The van der Waals surface area contributed by atoms with Crippen molar-refractivity contribution in [2.75, 3.05) is 32.8 Å². The molecular weight excluding hydrogens is 376 g/mol. The molecule has 160 valence electrons. The van der Waals surface area contributed by atoms with Crippen molar-refractivity contribution in [2.45, 2.75) is 40.0 Å². The van der Waals surface area contributed by atoms with E-state index in [1.165, 1.54) is 5.56 Å². The highest BCUT2D eigenvalue weighted by atomic mass is 16.5. The van der Waals surface area contributed by atoms with Crippen LogP contribution < -0.4 is 4.74 Å². The minimum atomic E-state index is -0.0195. The van der Waals surface area contributed by atoms with Crippen molar-refractivity contribution >= 4 is 11.8 Å². The molecule has 0 unspecified atom stereocenters. The molecule has 0 radical (unpaired) electrons.